The zero-order chi connectivity index (χ0) is 16.3. The number of ketones is 1. The largest absolute Gasteiger partial charge is 0.358 e. The average Bonchev–Trinajstić information content (AvgIpc) is 2.48. The molecule has 2 rings (SSSR count). The van der Waals surface area contributed by atoms with Crippen molar-refractivity contribution in [3.05, 3.63) is 77.0 Å². The van der Waals surface area contributed by atoms with Crippen LogP contribution in [0, 0.1) is 5.41 Å². The van der Waals surface area contributed by atoms with Crippen LogP contribution in [-0.2, 0) is 0 Å². The molecule has 0 spiro atoms. The maximum absolute atomic E-state index is 12.7. The van der Waals surface area contributed by atoms with E-state index in [4.69, 9.17) is 11.6 Å². The van der Waals surface area contributed by atoms with Crippen LogP contribution < -0.4 is 5.32 Å². The van der Waals surface area contributed by atoms with Gasteiger partial charge in [0, 0.05) is 32.9 Å². The van der Waals surface area contributed by atoms with E-state index in [1.807, 2.05) is 24.3 Å². The highest BCUT2D eigenvalue weighted by molar-refractivity contribution is 6.31. The molecule has 0 fully saturated rings. The summed E-state index contributed by atoms with van der Waals surface area (Å²) in [7, 11) is 0. The Morgan fingerprint density at radius 3 is 2.32 bits per heavy atom. The van der Waals surface area contributed by atoms with Crippen molar-refractivity contribution >= 4 is 23.1 Å². The van der Waals surface area contributed by atoms with Gasteiger partial charge < -0.3 is 5.32 Å². The van der Waals surface area contributed by atoms with E-state index in [1.54, 1.807) is 24.3 Å². The Morgan fingerprint density at radius 1 is 1.09 bits per heavy atom. The Hall–Kier alpha value is -2.06. The monoisotopic (exact) mass is 313 g/mol. The summed E-state index contributed by atoms with van der Waals surface area (Å²) in [4.78, 5) is 12.7. The highest BCUT2D eigenvalue weighted by Crippen LogP contribution is 2.29. The molecule has 0 saturated carbocycles. The van der Waals surface area contributed by atoms with Gasteiger partial charge in [-0.25, -0.2) is 0 Å². The number of anilines is 1. The molecular weight excluding hydrogens is 294 g/mol. The van der Waals surface area contributed by atoms with Crippen molar-refractivity contribution in [3.63, 3.8) is 0 Å². The molecule has 0 atom stereocenters. The summed E-state index contributed by atoms with van der Waals surface area (Å²) >= 11 is 6.07. The minimum atomic E-state index is -0.104. The lowest BCUT2D eigenvalue weighted by Crippen LogP contribution is -2.17. The fraction of sp³-hybridized carbons (Fsp3) is 0.211. The van der Waals surface area contributed by atoms with Crippen LogP contribution in [0.25, 0.3) is 0 Å². The molecule has 0 radical (unpaired) electrons. The molecule has 0 aromatic heterocycles. The third kappa shape index (κ3) is 3.77. The fourth-order valence-corrected chi connectivity index (χ4v) is 2.08. The predicted molar refractivity (Wildman–Crippen MR) is 93.5 cm³/mol. The SMILES string of the molecule is C=C(Nc1ccc(Cl)cc1C(=O)c1ccccc1)C(C)(C)C. The van der Waals surface area contributed by atoms with Gasteiger partial charge in [0.25, 0.3) is 0 Å². The van der Waals surface area contributed by atoms with E-state index in [0.29, 0.717) is 16.1 Å². The number of hydrogen-bond acceptors (Lipinski definition) is 2. The molecule has 0 aliphatic heterocycles. The van der Waals surface area contributed by atoms with E-state index in [-0.39, 0.29) is 11.2 Å². The average molecular weight is 314 g/mol. The van der Waals surface area contributed by atoms with E-state index in [1.165, 1.54) is 0 Å². The fourth-order valence-electron chi connectivity index (χ4n) is 1.91. The number of carbonyl (C=O) groups excluding carboxylic acids is 1. The van der Waals surface area contributed by atoms with Crippen LogP contribution in [0.15, 0.2) is 60.8 Å². The molecule has 2 aromatic rings. The zero-order valence-electron chi connectivity index (χ0n) is 13.1. The minimum Gasteiger partial charge on any atom is -0.358 e. The predicted octanol–water partition coefficient (Wildman–Crippen LogP) is 5.54. The first kappa shape index (κ1) is 16.3. The van der Waals surface area contributed by atoms with Crippen LogP contribution in [0.5, 0.6) is 0 Å². The molecule has 114 valence electrons. The molecule has 2 aromatic carbocycles. The van der Waals surface area contributed by atoms with E-state index in [2.05, 4.69) is 32.7 Å². The molecular formula is C19H20ClNO. The van der Waals surface area contributed by atoms with E-state index >= 15 is 0 Å². The molecule has 0 aliphatic carbocycles. The van der Waals surface area contributed by atoms with Crippen molar-refractivity contribution in [2.75, 3.05) is 5.32 Å². The quantitative estimate of drug-likeness (QED) is 0.750. The van der Waals surface area contributed by atoms with Gasteiger partial charge in [0.05, 0.1) is 0 Å². The van der Waals surface area contributed by atoms with Gasteiger partial charge in [-0.1, -0.05) is 69.3 Å². The van der Waals surface area contributed by atoms with Crippen LogP contribution >= 0.6 is 11.6 Å². The maximum atomic E-state index is 12.7. The molecule has 0 saturated heterocycles. The van der Waals surface area contributed by atoms with E-state index in [0.717, 1.165) is 11.4 Å². The molecule has 1 N–H and O–H groups in total. The van der Waals surface area contributed by atoms with Gasteiger partial charge in [-0.15, -0.1) is 0 Å². The third-order valence-corrected chi connectivity index (χ3v) is 3.69. The zero-order valence-corrected chi connectivity index (χ0v) is 13.9. The standard InChI is InChI=1S/C19H20ClNO/c1-13(19(2,3)4)21-17-11-10-15(20)12-16(17)18(22)14-8-6-5-7-9-14/h5-12,21H,1H2,2-4H3. The number of rotatable bonds is 4. The van der Waals surface area contributed by atoms with Crippen molar-refractivity contribution in [2.24, 2.45) is 5.41 Å². The normalized spacial score (nSPS) is 11.1. The molecule has 0 aliphatic rings. The Labute approximate surface area is 136 Å². The Kier molecular flexibility index (Phi) is 4.72. The van der Waals surface area contributed by atoms with Crippen molar-refractivity contribution in [1.82, 2.24) is 0 Å². The van der Waals surface area contributed by atoms with Crippen LogP contribution in [0.2, 0.25) is 5.02 Å². The first-order valence-electron chi connectivity index (χ1n) is 7.15. The number of allylic oxidation sites excluding steroid dienone is 1. The number of halogens is 1. The molecule has 0 amide bonds. The molecule has 2 nitrogen and oxygen atoms in total. The number of hydrogen-bond donors (Lipinski definition) is 1. The van der Waals surface area contributed by atoms with E-state index < -0.39 is 0 Å². The highest BCUT2D eigenvalue weighted by atomic mass is 35.5. The minimum absolute atomic E-state index is 0.0627. The van der Waals surface area contributed by atoms with Crippen molar-refractivity contribution in [2.45, 2.75) is 20.8 Å². The lowest BCUT2D eigenvalue weighted by atomic mass is 9.92. The van der Waals surface area contributed by atoms with Crippen molar-refractivity contribution < 1.29 is 4.79 Å². The van der Waals surface area contributed by atoms with Gasteiger partial charge in [-0.05, 0) is 18.2 Å². The first-order valence-corrected chi connectivity index (χ1v) is 7.52. The van der Waals surface area contributed by atoms with Gasteiger partial charge in [-0.3, -0.25) is 4.79 Å². The summed E-state index contributed by atoms with van der Waals surface area (Å²) in [5.41, 5.74) is 2.64. The number of benzene rings is 2. The molecule has 3 heteroatoms. The maximum Gasteiger partial charge on any atom is 0.195 e. The van der Waals surface area contributed by atoms with Gasteiger partial charge in [0.1, 0.15) is 0 Å². The van der Waals surface area contributed by atoms with Crippen molar-refractivity contribution in [3.8, 4) is 0 Å². The Morgan fingerprint density at radius 2 is 1.73 bits per heavy atom. The van der Waals surface area contributed by atoms with E-state index in [9.17, 15) is 4.79 Å². The molecule has 22 heavy (non-hydrogen) atoms. The second-order valence-corrected chi connectivity index (χ2v) is 6.68. The van der Waals surface area contributed by atoms with Crippen LogP contribution in [0.3, 0.4) is 0 Å². The lowest BCUT2D eigenvalue weighted by molar-refractivity contribution is 0.103. The smallest absolute Gasteiger partial charge is 0.195 e. The Balaban J connectivity index is 2.41. The second-order valence-electron chi connectivity index (χ2n) is 6.24. The van der Waals surface area contributed by atoms with Crippen LogP contribution in [0.4, 0.5) is 5.69 Å². The van der Waals surface area contributed by atoms with Gasteiger partial charge >= 0.3 is 0 Å². The van der Waals surface area contributed by atoms with Gasteiger partial charge in [0.2, 0.25) is 0 Å². The summed E-state index contributed by atoms with van der Waals surface area (Å²) in [5.74, 6) is -0.0627. The summed E-state index contributed by atoms with van der Waals surface area (Å²) in [6, 6.07) is 14.4. The van der Waals surface area contributed by atoms with Gasteiger partial charge in [-0.2, -0.15) is 0 Å². The third-order valence-electron chi connectivity index (χ3n) is 3.45. The lowest BCUT2D eigenvalue weighted by Gasteiger charge is -2.24. The summed E-state index contributed by atoms with van der Waals surface area (Å²) in [6.45, 7) is 10.3. The van der Waals surface area contributed by atoms with Crippen molar-refractivity contribution in [1.29, 1.82) is 0 Å². The highest BCUT2D eigenvalue weighted by Gasteiger charge is 2.19. The molecule has 0 unspecified atom stereocenters. The Bertz CT molecular complexity index is 699. The van der Waals surface area contributed by atoms with Crippen LogP contribution in [0.1, 0.15) is 36.7 Å². The topological polar surface area (TPSA) is 29.1 Å². The second kappa shape index (κ2) is 6.37. The first-order chi connectivity index (χ1) is 10.3. The molecule has 0 bridgehead atoms. The number of nitrogens with one attached hydrogen (secondary N) is 1. The molecule has 0 heterocycles. The van der Waals surface area contributed by atoms with Crippen LogP contribution in [-0.4, -0.2) is 5.78 Å². The summed E-state index contributed by atoms with van der Waals surface area (Å²) in [6.07, 6.45) is 0. The van der Waals surface area contributed by atoms with Gasteiger partial charge in [0.15, 0.2) is 5.78 Å². The summed E-state index contributed by atoms with van der Waals surface area (Å²) < 4.78 is 0. The summed E-state index contributed by atoms with van der Waals surface area (Å²) in [5, 5.41) is 3.79. The number of carbonyl (C=O) groups is 1.